The minimum atomic E-state index is 0.485. The number of ether oxygens (including phenoxy) is 2. The molecule has 0 aliphatic rings. The van der Waals surface area contributed by atoms with Crippen molar-refractivity contribution in [1.82, 2.24) is 9.55 Å². The van der Waals surface area contributed by atoms with E-state index in [2.05, 4.69) is 4.98 Å². The first-order valence-corrected chi connectivity index (χ1v) is 10.6. The Bertz CT molecular complexity index is 1580. The number of imidazole rings is 1. The molecular weight excluding hydrogens is 414 g/mol. The van der Waals surface area contributed by atoms with Gasteiger partial charge >= 0.3 is 0 Å². The Kier molecular flexibility index (Phi) is 4.54. The van der Waals surface area contributed by atoms with Gasteiger partial charge in [-0.05, 0) is 30.3 Å². The third-order valence-electron chi connectivity index (χ3n) is 5.39. The number of para-hydroxylation sites is 1. The van der Waals surface area contributed by atoms with Crippen LogP contribution in [-0.2, 0) is 7.05 Å². The lowest BCUT2D eigenvalue weighted by atomic mass is 10.1. The Morgan fingerprint density at radius 2 is 1.76 bits per heavy atom. The number of fused-ring (bicyclic) bond motifs is 3. The summed E-state index contributed by atoms with van der Waals surface area (Å²) >= 11 is 0. The highest BCUT2D eigenvalue weighted by atomic mass is 16.5. The second kappa shape index (κ2) is 7.84. The fourth-order valence-corrected chi connectivity index (χ4v) is 3.87. The topological polar surface area (TPSA) is 53.3 Å². The number of pyridine rings is 1. The highest BCUT2D eigenvalue weighted by molar-refractivity contribution is 6.07. The Morgan fingerprint density at radius 3 is 2.61 bits per heavy atom. The zero-order valence-electron chi connectivity index (χ0n) is 17.9. The molecular formula is C27H20N3O3+. The molecule has 0 bridgehead atoms. The summed E-state index contributed by atoms with van der Waals surface area (Å²) < 4.78 is 22.5. The van der Waals surface area contributed by atoms with E-state index in [9.17, 15) is 0 Å². The quantitative estimate of drug-likeness (QED) is 0.304. The molecule has 0 aliphatic carbocycles. The molecule has 0 atom stereocenters. The lowest BCUT2D eigenvalue weighted by molar-refractivity contribution is -0.670. The van der Waals surface area contributed by atoms with Crippen LogP contribution in [0.5, 0.6) is 23.1 Å². The Balaban J connectivity index is 1.44. The van der Waals surface area contributed by atoms with Gasteiger partial charge in [-0.3, -0.25) is 0 Å². The summed E-state index contributed by atoms with van der Waals surface area (Å²) in [6.45, 7) is 0. The molecule has 0 fully saturated rings. The van der Waals surface area contributed by atoms with Crippen molar-refractivity contribution in [2.75, 3.05) is 0 Å². The first-order chi connectivity index (χ1) is 16.2. The van der Waals surface area contributed by atoms with Crippen LogP contribution in [0.1, 0.15) is 0 Å². The van der Waals surface area contributed by atoms with Crippen molar-refractivity contribution in [2.45, 2.75) is 0 Å². The van der Waals surface area contributed by atoms with Gasteiger partial charge in [-0.2, -0.15) is 0 Å². The van der Waals surface area contributed by atoms with E-state index in [0.29, 0.717) is 23.0 Å². The fraction of sp³-hybridized carbons (Fsp3) is 0.0370. The van der Waals surface area contributed by atoms with Crippen molar-refractivity contribution in [1.29, 1.82) is 0 Å². The Morgan fingerprint density at radius 1 is 0.848 bits per heavy atom. The van der Waals surface area contributed by atoms with Crippen molar-refractivity contribution >= 4 is 21.9 Å². The summed E-state index contributed by atoms with van der Waals surface area (Å²) in [6, 6.07) is 25.2. The number of hydrogen-bond acceptors (Lipinski definition) is 4. The predicted molar refractivity (Wildman–Crippen MR) is 125 cm³/mol. The van der Waals surface area contributed by atoms with Crippen LogP contribution < -0.4 is 14.0 Å². The molecule has 6 aromatic rings. The molecule has 0 spiro atoms. The van der Waals surface area contributed by atoms with Crippen molar-refractivity contribution in [3.05, 3.63) is 104 Å². The van der Waals surface area contributed by atoms with Crippen LogP contribution in [-0.4, -0.2) is 9.55 Å². The molecule has 0 saturated heterocycles. The van der Waals surface area contributed by atoms with Gasteiger partial charge in [0.05, 0.1) is 7.05 Å². The molecule has 3 aromatic carbocycles. The molecule has 160 valence electrons. The SMILES string of the molecule is C[n+]1ccn(-c2cccc(Oc3cc(Oc4ccccn4)c4oc5ccccc5c4c3)c2)c1. The highest BCUT2D eigenvalue weighted by Gasteiger charge is 2.16. The number of furan rings is 1. The molecule has 0 aliphatic heterocycles. The first kappa shape index (κ1) is 19.1. The van der Waals surface area contributed by atoms with Gasteiger partial charge in [-0.15, -0.1) is 0 Å². The monoisotopic (exact) mass is 434 g/mol. The number of aryl methyl sites for hydroxylation is 1. The standard InChI is InChI=1S/C27H20N3O3/c1-29-13-14-30(18-29)19-7-6-8-20(15-19)31-21-16-23-22-9-2-3-10-24(22)33-27(23)25(17-21)32-26-11-4-5-12-28-26/h2-18H,1H3/q+1. The van der Waals surface area contributed by atoms with Crippen LogP contribution in [0.15, 0.2) is 108 Å². The van der Waals surface area contributed by atoms with Gasteiger partial charge in [0, 0.05) is 35.2 Å². The summed E-state index contributed by atoms with van der Waals surface area (Å²) in [5.74, 6) is 2.40. The maximum absolute atomic E-state index is 6.29. The first-order valence-electron chi connectivity index (χ1n) is 10.6. The average Bonchev–Trinajstić information content (AvgIpc) is 3.44. The maximum atomic E-state index is 6.29. The van der Waals surface area contributed by atoms with E-state index < -0.39 is 0 Å². The summed E-state index contributed by atoms with van der Waals surface area (Å²) in [6.07, 6.45) is 7.69. The minimum absolute atomic E-state index is 0.485. The fourth-order valence-electron chi connectivity index (χ4n) is 3.87. The Labute approximate surface area is 189 Å². The van der Waals surface area contributed by atoms with E-state index in [0.717, 1.165) is 27.8 Å². The van der Waals surface area contributed by atoms with Gasteiger partial charge in [-0.1, -0.05) is 30.3 Å². The second-order valence-electron chi connectivity index (χ2n) is 7.75. The van der Waals surface area contributed by atoms with Crippen molar-refractivity contribution in [3.63, 3.8) is 0 Å². The lowest BCUT2D eigenvalue weighted by Gasteiger charge is -2.10. The number of hydrogen-bond donors (Lipinski definition) is 0. The van der Waals surface area contributed by atoms with Crippen LogP contribution in [0.4, 0.5) is 0 Å². The molecule has 0 amide bonds. The predicted octanol–water partition coefficient (Wildman–Crippen LogP) is 6.18. The molecule has 6 rings (SSSR count). The number of aromatic nitrogens is 3. The summed E-state index contributed by atoms with van der Waals surface area (Å²) in [5, 5.41) is 1.92. The zero-order chi connectivity index (χ0) is 22.2. The highest BCUT2D eigenvalue weighted by Crippen LogP contribution is 2.40. The lowest BCUT2D eigenvalue weighted by Crippen LogP contribution is -2.23. The van der Waals surface area contributed by atoms with Gasteiger partial charge < -0.3 is 13.9 Å². The maximum Gasteiger partial charge on any atom is 0.248 e. The molecule has 3 aromatic heterocycles. The van der Waals surface area contributed by atoms with E-state index in [1.807, 2.05) is 114 Å². The summed E-state index contributed by atoms with van der Waals surface area (Å²) in [7, 11) is 1.99. The molecule has 33 heavy (non-hydrogen) atoms. The summed E-state index contributed by atoms with van der Waals surface area (Å²) in [4.78, 5) is 4.29. The van der Waals surface area contributed by atoms with Crippen LogP contribution >= 0.6 is 0 Å². The number of nitrogens with zero attached hydrogens (tertiary/aromatic N) is 3. The average molecular weight is 434 g/mol. The van der Waals surface area contributed by atoms with Gasteiger partial charge in [0.1, 0.15) is 35.2 Å². The van der Waals surface area contributed by atoms with E-state index >= 15 is 0 Å². The van der Waals surface area contributed by atoms with Crippen molar-refractivity contribution < 1.29 is 18.5 Å². The number of benzene rings is 3. The van der Waals surface area contributed by atoms with E-state index in [-0.39, 0.29) is 0 Å². The van der Waals surface area contributed by atoms with Gasteiger partial charge in [0.2, 0.25) is 12.2 Å². The molecule has 3 heterocycles. The molecule has 0 radical (unpaired) electrons. The third kappa shape index (κ3) is 3.68. The van der Waals surface area contributed by atoms with Crippen molar-refractivity contribution in [2.24, 2.45) is 7.05 Å². The van der Waals surface area contributed by atoms with Crippen LogP contribution in [0, 0.1) is 0 Å². The van der Waals surface area contributed by atoms with E-state index in [4.69, 9.17) is 13.9 Å². The minimum Gasteiger partial charge on any atom is -0.457 e. The van der Waals surface area contributed by atoms with Crippen molar-refractivity contribution in [3.8, 4) is 28.8 Å². The van der Waals surface area contributed by atoms with E-state index in [1.165, 1.54) is 0 Å². The van der Waals surface area contributed by atoms with E-state index in [1.54, 1.807) is 6.20 Å². The van der Waals surface area contributed by atoms with Gasteiger partial charge in [-0.25, -0.2) is 14.1 Å². The second-order valence-corrected chi connectivity index (χ2v) is 7.75. The van der Waals surface area contributed by atoms with Crippen LogP contribution in [0.25, 0.3) is 27.6 Å². The molecule has 0 N–H and O–H groups in total. The van der Waals surface area contributed by atoms with Gasteiger partial charge in [0.25, 0.3) is 0 Å². The van der Waals surface area contributed by atoms with Crippen LogP contribution in [0.3, 0.4) is 0 Å². The smallest absolute Gasteiger partial charge is 0.248 e. The third-order valence-corrected chi connectivity index (χ3v) is 5.39. The molecule has 6 heteroatoms. The van der Waals surface area contributed by atoms with Crippen LogP contribution in [0.2, 0.25) is 0 Å². The molecule has 0 saturated carbocycles. The zero-order valence-corrected chi connectivity index (χ0v) is 17.9. The number of rotatable bonds is 5. The van der Waals surface area contributed by atoms with Gasteiger partial charge in [0.15, 0.2) is 11.3 Å². The molecule has 0 unspecified atom stereocenters. The molecule has 6 nitrogen and oxygen atoms in total. The Hall–Kier alpha value is -4.58. The normalized spacial score (nSPS) is 11.2. The summed E-state index contributed by atoms with van der Waals surface area (Å²) in [5.41, 5.74) is 2.45. The largest absolute Gasteiger partial charge is 0.457 e.